The van der Waals surface area contributed by atoms with Gasteiger partial charge < -0.3 is 9.47 Å². The third kappa shape index (κ3) is 7.43. The first kappa shape index (κ1) is 32.2. The van der Waals surface area contributed by atoms with E-state index in [9.17, 15) is 9.59 Å². The molecule has 16 nitrogen and oxygen atoms in total. The summed E-state index contributed by atoms with van der Waals surface area (Å²) < 4.78 is 20.0. The molecule has 0 aliphatic carbocycles. The average molecular weight is 655 g/mol. The number of aromatic nitrogens is 12. The van der Waals surface area contributed by atoms with Gasteiger partial charge in [-0.05, 0) is 62.1 Å². The second-order valence-electron chi connectivity index (χ2n) is 11.4. The smallest absolute Gasteiger partial charge is 0.346 e. The molecule has 0 atom stereocenters. The Bertz CT molecular complexity index is 1930. The summed E-state index contributed by atoms with van der Waals surface area (Å²) in [6.07, 6.45) is 4.97. The van der Waals surface area contributed by atoms with Gasteiger partial charge in [0.1, 0.15) is 34.5 Å². The van der Waals surface area contributed by atoms with Crippen LogP contribution in [0.3, 0.4) is 0 Å². The maximum absolute atomic E-state index is 13.1. The summed E-state index contributed by atoms with van der Waals surface area (Å²) in [5, 5.41) is 25.7. The van der Waals surface area contributed by atoms with Crippen LogP contribution in [0.2, 0.25) is 0 Å². The van der Waals surface area contributed by atoms with E-state index in [4.69, 9.17) is 9.47 Å². The number of hydrogen-bond donors (Lipinski definition) is 0. The molecule has 0 spiro atoms. The maximum atomic E-state index is 13.1. The summed E-state index contributed by atoms with van der Waals surface area (Å²) in [5.41, 5.74) is 3.06. The van der Waals surface area contributed by atoms with Crippen molar-refractivity contribution in [2.24, 2.45) is 0 Å². The molecule has 0 saturated carbocycles. The van der Waals surface area contributed by atoms with Crippen molar-refractivity contribution in [1.29, 1.82) is 0 Å². The fourth-order valence-electron chi connectivity index (χ4n) is 5.44. The van der Waals surface area contributed by atoms with Gasteiger partial charge in [0.15, 0.2) is 0 Å². The molecule has 6 rings (SSSR count). The molecule has 0 unspecified atom stereocenters. The van der Waals surface area contributed by atoms with Gasteiger partial charge in [-0.25, -0.2) is 19.0 Å². The van der Waals surface area contributed by atoms with Gasteiger partial charge in [-0.2, -0.15) is 10.2 Å². The minimum Gasteiger partial charge on any atom is -0.497 e. The maximum Gasteiger partial charge on any atom is 0.346 e. The molecule has 0 amide bonds. The normalized spacial score (nSPS) is 11.3. The van der Waals surface area contributed by atoms with E-state index in [1.165, 1.54) is 9.36 Å². The molecule has 6 aromatic rings. The van der Waals surface area contributed by atoms with Crippen LogP contribution >= 0.6 is 0 Å². The van der Waals surface area contributed by atoms with Crippen molar-refractivity contribution in [3.05, 3.63) is 116 Å². The highest BCUT2D eigenvalue weighted by molar-refractivity contribution is 5.28. The largest absolute Gasteiger partial charge is 0.497 e. The van der Waals surface area contributed by atoms with E-state index in [-0.39, 0.29) is 24.5 Å². The molecule has 0 bridgehead atoms. The van der Waals surface area contributed by atoms with Gasteiger partial charge in [-0.15, -0.1) is 10.2 Å². The molecule has 4 aromatic heterocycles. The van der Waals surface area contributed by atoms with Crippen LogP contribution in [0, 0.1) is 13.8 Å². The molecule has 48 heavy (non-hydrogen) atoms. The van der Waals surface area contributed by atoms with Crippen molar-refractivity contribution < 1.29 is 9.47 Å². The second kappa shape index (κ2) is 14.3. The van der Waals surface area contributed by atoms with Crippen LogP contribution in [0.1, 0.15) is 34.2 Å². The van der Waals surface area contributed by atoms with Crippen molar-refractivity contribution in [3.8, 4) is 11.5 Å². The summed E-state index contributed by atoms with van der Waals surface area (Å²) in [7, 11) is 3.27. The van der Waals surface area contributed by atoms with E-state index in [0.29, 0.717) is 62.1 Å². The number of methoxy groups -OCH3 is 2. The van der Waals surface area contributed by atoms with E-state index in [1.807, 2.05) is 62.4 Å². The third-order valence-corrected chi connectivity index (χ3v) is 8.14. The highest BCUT2D eigenvalue weighted by Gasteiger charge is 2.14. The van der Waals surface area contributed by atoms with E-state index in [2.05, 4.69) is 30.8 Å². The van der Waals surface area contributed by atoms with Gasteiger partial charge in [-0.1, -0.05) is 34.7 Å². The first-order valence-electron chi connectivity index (χ1n) is 15.6. The molecule has 0 saturated heterocycles. The standard InChI is InChI=1S/C32H38N12O4/c1-23-35-43(31(45)41(23)15-13-25-5-9-29(47-3)10-6-25)21-27-19-39(37-33-27)17-18-40-20-28(34-38-40)22-44-32(46)42(24(2)36-44)16-14-26-7-11-30(48-4)12-8-26/h5-12,19-20H,13-18,21-22H2,1-4H3. The Kier molecular flexibility index (Phi) is 9.59. The van der Waals surface area contributed by atoms with Crippen LogP contribution < -0.4 is 20.9 Å². The number of aryl methyl sites for hydroxylation is 6. The van der Waals surface area contributed by atoms with E-state index in [0.717, 1.165) is 22.6 Å². The van der Waals surface area contributed by atoms with Crippen LogP contribution in [0.4, 0.5) is 0 Å². The lowest BCUT2D eigenvalue weighted by atomic mass is 10.1. The van der Waals surface area contributed by atoms with E-state index in [1.54, 1.807) is 45.1 Å². The topological polar surface area (TPSA) is 160 Å². The van der Waals surface area contributed by atoms with Crippen LogP contribution in [-0.2, 0) is 52.1 Å². The summed E-state index contributed by atoms with van der Waals surface area (Å²) >= 11 is 0. The zero-order chi connectivity index (χ0) is 33.6. The molecular formula is C32H38N12O4. The lowest BCUT2D eigenvalue weighted by Crippen LogP contribution is -2.26. The Morgan fingerprint density at radius 3 is 1.35 bits per heavy atom. The lowest BCUT2D eigenvalue weighted by Gasteiger charge is -2.05. The highest BCUT2D eigenvalue weighted by Crippen LogP contribution is 2.13. The molecule has 0 aliphatic heterocycles. The first-order chi connectivity index (χ1) is 23.3. The second-order valence-corrected chi connectivity index (χ2v) is 11.4. The van der Waals surface area contributed by atoms with Gasteiger partial charge in [0.25, 0.3) is 0 Å². The molecular weight excluding hydrogens is 616 g/mol. The minimum absolute atomic E-state index is 0.193. The molecule has 4 heterocycles. The highest BCUT2D eigenvalue weighted by atomic mass is 16.5. The predicted octanol–water partition coefficient (Wildman–Crippen LogP) is 1.50. The summed E-state index contributed by atoms with van der Waals surface area (Å²) in [4.78, 5) is 26.1. The molecule has 0 fully saturated rings. The molecule has 2 aromatic carbocycles. The van der Waals surface area contributed by atoms with Gasteiger partial charge >= 0.3 is 11.4 Å². The van der Waals surface area contributed by atoms with Crippen molar-refractivity contribution in [1.82, 2.24) is 58.7 Å². The van der Waals surface area contributed by atoms with Crippen molar-refractivity contribution in [3.63, 3.8) is 0 Å². The molecule has 250 valence electrons. The Balaban J connectivity index is 1.01. The van der Waals surface area contributed by atoms with Crippen molar-refractivity contribution in [2.75, 3.05) is 14.2 Å². The van der Waals surface area contributed by atoms with Gasteiger partial charge in [0.05, 0.1) is 52.8 Å². The molecule has 0 N–H and O–H groups in total. The Morgan fingerprint density at radius 2 is 0.979 bits per heavy atom. The molecule has 0 aliphatic rings. The predicted molar refractivity (Wildman–Crippen MR) is 174 cm³/mol. The number of hydrogen-bond acceptors (Lipinski definition) is 10. The van der Waals surface area contributed by atoms with Crippen LogP contribution in [-0.4, -0.2) is 72.9 Å². The number of rotatable bonds is 15. The van der Waals surface area contributed by atoms with Gasteiger partial charge in [0, 0.05) is 13.1 Å². The van der Waals surface area contributed by atoms with Crippen LogP contribution in [0.25, 0.3) is 0 Å². The summed E-state index contributed by atoms with van der Waals surface area (Å²) in [6, 6.07) is 15.6. The monoisotopic (exact) mass is 654 g/mol. The molecule has 0 radical (unpaired) electrons. The number of nitrogens with zero attached hydrogens (tertiary/aromatic N) is 12. The number of ether oxygens (including phenoxy) is 2. The quantitative estimate of drug-likeness (QED) is 0.159. The summed E-state index contributed by atoms with van der Waals surface area (Å²) in [6.45, 7) is 6.07. The van der Waals surface area contributed by atoms with Gasteiger partial charge in [-0.3, -0.25) is 18.5 Å². The Morgan fingerprint density at radius 1 is 0.583 bits per heavy atom. The third-order valence-electron chi connectivity index (χ3n) is 8.14. The van der Waals surface area contributed by atoms with Crippen LogP contribution in [0.15, 0.2) is 70.5 Å². The number of benzene rings is 2. The van der Waals surface area contributed by atoms with Crippen LogP contribution in [0.5, 0.6) is 11.5 Å². The van der Waals surface area contributed by atoms with E-state index < -0.39 is 0 Å². The van der Waals surface area contributed by atoms with Gasteiger partial charge in [0.2, 0.25) is 0 Å². The minimum atomic E-state index is -0.193. The SMILES string of the molecule is COc1ccc(CCn2c(C)nn(Cc3cn(CCn4cc(Cn5nc(C)n(CCc6ccc(OC)cc6)c5=O)nn4)nn3)c2=O)cc1. The average Bonchev–Trinajstić information content (AvgIpc) is 3.86. The molecule has 16 heteroatoms. The zero-order valence-corrected chi connectivity index (χ0v) is 27.4. The zero-order valence-electron chi connectivity index (χ0n) is 27.4. The van der Waals surface area contributed by atoms with Crippen molar-refractivity contribution >= 4 is 0 Å². The van der Waals surface area contributed by atoms with Crippen molar-refractivity contribution in [2.45, 2.75) is 66.0 Å². The first-order valence-corrected chi connectivity index (χ1v) is 15.6. The summed E-state index contributed by atoms with van der Waals surface area (Å²) in [5.74, 6) is 2.87. The van der Waals surface area contributed by atoms with E-state index >= 15 is 0 Å². The fraction of sp³-hybridized carbons (Fsp3) is 0.375. The lowest BCUT2D eigenvalue weighted by molar-refractivity contribution is 0.414. The Labute approximate surface area is 275 Å². The Hall–Kier alpha value is -5.80. The fourth-order valence-corrected chi connectivity index (χ4v) is 5.44.